The summed E-state index contributed by atoms with van der Waals surface area (Å²) in [5.41, 5.74) is 6.20. The first-order valence-electron chi connectivity index (χ1n) is 6.18. The average molecular weight is 428 g/mol. The third-order valence-corrected chi connectivity index (χ3v) is 6.78. The van der Waals surface area contributed by atoms with Gasteiger partial charge in [-0.25, -0.2) is 8.42 Å². The predicted molar refractivity (Wildman–Crippen MR) is 85.0 cm³/mol. The third kappa shape index (κ3) is 3.36. The Balaban J connectivity index is 2.44. The van der Waals surface area contributed by atoms with Gasteiger partial charge in [-0.05, 0) is 57.3 Å². The number of nitrogen functional groups attached to an aromatic ring is 1. The molecule has 0 radical (unpaired) electrons. The molecule has 1 heterocycles. The number of nitrogens with zero attached hydrogens (tertiary/aromatic N) is 1. The summed E-state index contributed by atoms with van der Waals surface area (Å²) in [6.07, 6.45) is 0.576. The Bertz CT molecular complexity index is 584. The summed E-state index contributed by atoms with van der Waals surface area (Å²) >= 11 is 6.58. The molecule has 112 valence electrons. The van der Waals surface area contributed by atoms with E-state index in [9.17, 15) is 8.42 Å². The van der Waals surface area contributed by atoms with Crippen molar-refractivity contribution in [3.8, 4) is 0 Å². The van der Waals surface area contributed by atoms with E-state index < -0.39 is 10.0 Å². The molecule has 20 heavy (non-hydrogen) atoms. The van der Waals surface area contributed by atoms with Crippen LogP contribution in [-0.2, 0) is 14.8 Å². The Morgan fingerprint density at radius 3 is 2.55 bits per heavy atom. The molecule has 0 spiro atoms. The summed E-state index contributed by atoms with van der Waals surface area (Å²) in [4.78, 5) is 0.209. The highest BCUT2D eigenvalue weighted by atomic mass is 79.9. The number of nitrogens with two attached hydrogens (primary N) is 1. The van der Waals surface area contributed by atoms with Gasteiger partial charge in [0.1, 0.15) is 4.90 Å². The second-order valence-electron chi connectivity index (χ2n) is 4.71. The maximum absolute atomic E-state index is 12.8. The molecule has 1 fully saturated rings. The van der Waals surface area contributed by atoms with Crippen LogP contribution in [0.15, 0.2) is 26.0 Å². The minimum atomic E-state index is -3.59. The highest BCUT2D eigenvalue weighted by Gasteiger charge is 2.31. The van der Waals surface area contributed by atoms with Gasteiger partial charge >= 0.3 is 0 Å². The average Bonchev–Trinajstić information content (AvgIpc) is 2.52. The second kappa shape index (κ2) is 6.31. The zero-order valence-corrected chi connectivity index (χ0v) is 15.0. The molecule has 2 rings (SSSR count). The van der Waals surface area contributed by atoms with Crippen molar-refractivity contribution in [2.24, 2.45) is 0 Å². The second-order valence-corrected chi connectivity index (χ2v) is 8.30. The van der Waals surface area contributed by atoms with Gasteiger partial charge in [0.05, 0.1) is 6.10 Å². The summed E-state index contributed by atoms with van der Waals surface area (Å²) in [5.74, 6) is 0. The molecule has 8 heteroatoms. The van der Waals surface area contributed by atoms with E-state index in [-0.39, 0.29) is 11.0 Å². The summed E-state index contributed by atoms with van der Waals surface area (Å²) in [5, 5.41) is 0. The molecule has 2 N–H and O–H groups in total. The number of sulfonamides is 1. The highest BCUT2D eigenvalue weighted by molar-refractivity contribution is 9.11. The van der Waals surface area contributed by atoms with E-state index in [1.54, 1.807) is 12.1 Å². The summed E-state index contributed by atoms with van der Waals surface area (Å²) in [7, 11) is -3.59. The Hall–Kier alpha value is -0.150. The fraction of sp³-hybridized carbons (Fsp3) is 0.500. The Morgan fingerprint density at radius 2 is 1.95 bits per heavy atom. The first-order valence-corrected chi connectivity index (χ1v) is 9.21. The van der Waals surface area contributed by atoms with Crippen molar-refractivity contribution in [1.82, 2.24) is 4.31 Å². The van der Waals surface area contributed by atoms with Crippen molar-refractivity contribution in [2.75, 3.05) is 25.4 Å². The van der Waals surface area contributed by atoms with Gasteiger partial charge in [0.25, 0.3) is 0 Å². The molecular formula is C12H16Br2N2O3S. The first kappa shape index (κ1) is 16.2. The van der Waals surface area contributed by atoms with Crippen LogP contribution in [0.2, 0.25) is 0 Å². The molecule has 5 nitrogen and oxygen atoms in total. The van der Waals surface area contributed by atoms with Crippen LogP contribution in [0.5, 0.6) is 0 Å². The van der Waals surface area contributed by atoms with E-state index >= 15 is 0 Å². The lowest BCUT2D eigenvalue weighted by Crippen LogP contribution is -2.36. The van der Waals surface area contributed by atoms with Crippen molar-refractivity contribution in [3.63, 3.8) is 0 Å². The number of hydrogen-bond acceptors (Lipinski definition) is 4. The lowest BCUT2D eigenvalue weighted by atomic mass is 10.3. The molecule has 1 aliphatic heterocycles. The van der Waals surface area contributed by atoms with Crippen LogP contribution < -0.4 is 5.73 Å². The monoisotopic (exact) mass is 426 g/mol. The van der Waals surface area contributed by atoms with Crippen LogP contribution >= 0.6 is 31.9 Å². The molecule has 1 saturated heterocycles. The van der Waals surface area contributed by atoms with E-state index in [4.69, 9.17) is 10.5 Å². The summed E-state index contributed by atoms with van der Waals surface area (Å²) < 4.78 is 33.5. The molecule has 1 unspecified atom stereocenters. The largest absolute Gasteiger partial charge is 0.399 e. The van der Waals surface area contributed by atoms with Gasteiger partial charge < -0.3 is 10.5 Å². The van der Waals surface area contributed by atoms with E-state index in [1.807, 2.05) is 6.92 Å². The fourth-order valence-corrected chi connectivity index (χ4v) is 6.22. The van der Waals surface area contributed by atoms with Crippen LogP contribution in [0.1, 0.15) is 13.3 Å². The third-order valence-electron chi connectivity index (χ3n) is 3.03. The van der Waals surface area contributed by atoms with Gasteiger partial charge in [-0.3, -0.25) is 0 Å². The predicted octanol–water partition coefficient (Wildman–Crippen LogP) is 2.59. The van der Waals surface area contributed by atoms with E-state index in [0.717, 1.165) is 0 Å². The van der Waals surface area contributed by atoms with Crippen molar-refractivity contribution < 1.29 is 13.2 Å². The lowest BCUT2D eigenvalue weighted by molar-refractivity contribution is 0.0752. The van der Waals surface area contributed by atoms with Crippen LogP contribution in [0.3, 0.4) is 0 Å². The highest BCUT2D eigenvalue weighted by Crippen LogP contribution is 2.34. The Kier molecular flexibility index (Phi) is 5.12. The molecule has 1 atom stereocenters. The summed E-state index contributed by atoms with van der Waals surface area (Å²) in [6.45, 7) is 3.26. The smallest absolute Gasteiger partial charge is 0.245 e. The lowest BCUT2D eigenvalue weighted by Gasteiger charge is -2.23. The standard InChI is InChI=1S/C12H16Br2N2O3S/c1-8-7-16(3-2-4-19-8)20(17,18)12-10(13)5-9(15)6-11(12)14/h5-6,8H,2-4,7,15H2,1H3. The minimum Gasteiger partial charge on any atom is -0.399 e. The maximum atomic E-state index is 12.8. The van der Waals surface area contributed by atoms with Crippen LogP contribution in [0, 0.1) is 0 Å². The molecule has 1 aromatic rings. The number of halogens is 2. The number of anilines is 1. The normalized spacial score (nSPS) is 21.6. The number of hydrogen-bond donors (Lipinski definition) is 1. The Morgan fingerprint density at radius 1 is 1.35 bits per heavy atom. The van der Waals surface area contributed by atoms with Crippen molar-refractivity contribution in [2.45, 2.75) is 24.3 Å². The SMILES string of the molecule is CC1CN(S(=O)(=O)c2c(Br)cc(N)cc2Br)CCCO1. The van der Waals surface area contributed by atoms with Gasteiger partial charge in [0, 0.05) is 34.3 Å². The van der Waals surface area contributed by atoms with E-state index in [1.165, 1.54) is 4.31 Å². The van der Waals surface area contributed by atoms with Crippen LogP contribution in [0.25, 0.3) is 0 Å². The van der Waals surface area contributed by atoms with Crippen molar-refractivity contribution in [3.05, 3.63) is 21.1 Å². The maximum Gasteiger partial charge on any atom is 0.245 e. The van der Waals surface area contributed by atoms with Gasteiger partial charge in [-0.2, -0.15) is 4.31 Å². The van der Waals surface area contributed by atoms with E-state index in [2.05, 4.69) is 31.9 Å². The molecule has 1 aromatic carbocycles. The molecule has 0 saturated carbocycles. The van der Waals surface area contributed by atoms with Gasteiger partial charge in [0.2, 0.25) is 10.0 Å². The molecule has 0 bridgehead atoms. The van der Waals surface area contributed by atoms with Crippen molar-refractivity contribution >= 4 is 47.6 Å². The molecule has 0 aliphatic carbocycles. The van der Waals surface area contributed by atoms with Crippen LogP contribution in [-0.4, -0.2) is 38.5 Å². The topological polar surface area (TPSA) is 72.6 Å². The summed E-state index contributed by atoms with van der Waals surface area (Å²) in [6, 6.07) is 3.19. The quantitative estimate of drug-likeness (QED) is 0.736. The number of benzene rings is 1. The molecule has 0 aromatic heterocycles. The van der Waals surface area contributed by atoms with Crippen LogP contribution in [0.4, 0.5) is 5.69 Å². The van der Waals surface area contributed by atoms with Gasteiger partial charge in [0.15, 0.2) is 0 Å². The molecule has 1 aliphatic rings. The zero-order valence-electron chi connectivity index (χ0n) is 11.0. The van der Waals surface area contributed by atoms with Gasteiger partial charge in [-0.1, -0.05) is 0 Å². The Labute approximate surface area is 135 Å². The fourth-order valence-electron chi connectivity index (χ4n) is 2.13. The number of rotatable bonds is 2. The number of ether oxygens (including phenoxy) is 1. The van der Waals surface area contributed by atoms with E-state index in [0.29, 0.717) is 40.8 Å². The van der Waals surface area contributed by atoms with Crippen molar-refractivity contribution in [1.29, 1.82) is 0 Å². The molecular weight excluding hydrogens is 412 g/mol. The first-order chi connectivity index (χ1) is 9.32. The zero-order chi connectivity index (χ0) is 14.9. The minimum absolute atomic E-state index is 0.112. The van der Waals surface area contributed by atoms with Gasteiger partial charge in [-0.15, -0.1) is 0 Å². The molecule has 0 amide bonds.